The predicted octanol–water partition coefficient (Wildman–Crippen LogP) is 3.14. The lowest BCUT2D eigenvalue weighted by Crippen LogP contribution is -2.37. The van der Waals surface area contributed by atoms with Crippen LogP contribution in [-0.2, 0) is 0 Å². The molecule has 25 heavy (non-hydrogen) atoms. The van der Waals surface area contributed by atoms with Crippen molar-refractivity contribution >= 4 is 27.7 Å². The van der Waals surface area contributed by atoms with Crippen molar-refractivity contribution in [2.24, 2.45) is 0 Å². The van der Waals surface area contributed by atoms with Gasteiger partial charge in [0.25, 0.3) is 11.8 Å². The lowest BCUT2D eigenvalue weighted by Gasteiger charge is -2.22. The van der Waals surface area contributed by atoms with Crippen molar-refractivity contribution in [1.82, 2.24) is 9.80 Å². The Hall–Kier alpha value is -2.34. The van der Waals surface area contributed by atoms with E-state index >= 15 is 0 Å². The molecule has 1 aliphatic rings. The van der Waals surface area contributed by atoms with Gasteiger partial charge in [0, 0.05) is 36.2 Å². The largest absolute Gasteiger partial charge is 0.507 e. The summed E-state index contributed by atoms with van der Waals surface area (Å²) in [6, 6.07) is 13.8. The molecule has 0 unspecified atom stereocenters. The number of carbonyl (C=O) groups is 2. The Morgan fingerprint density at radius 1 is 0.840 bits per heavy atom. The lowest BCUT2D eigenvalue weighted by atomic mass is 10.1. The van der Waals surface area contributed by atoms with Gasteiger partial charge in [0.2, 0.25) is 0 Å². The molecule has 0 aromatic heterocycles. The van der Waals surface area contributed by atoms with Gasteiger partial charge in [0.15, 0.2) is 0 Å². The summed E-state index contributed by atoms with van der Waals surface area (Å²) < 4.78 is 0.930. The fourth-order valence-corrected chi connectivity index (χ4v) is 3.19. The molecule has 3 rings (SSSR count). The van der Waals surface area contributed by atoms with E-state index in [-0.39, 0.29) is 17.6 Å². The summed E-state index contributed by atoms with van der Waals surface area (Å²) in [5.41, 5.74) is 0.943. The van der Waals surface area contributed by atoms with E-state index in [0.29, 0.717) is 43.7 Å². The minimum absolute atomic E-state index is 0.0143. The summed E-state index contributed by atoms with van der Waals surface area (Å²) in [4.78, 5) is 28.7. The average molecular weight is 403 g/mol. The zero-order valence-electron chi connectivity index (χ0n) is 13.7. The molecule has 0 radical (unpaired) electrons. The zero-order chi connectivity index (χ0) is 17.8. The van der Waals surface area contributed by atoms with E-state index in [1.807, 2.05) is 12.1 Å². The second-order valence-electron chi connectivity index (χ2n) is 5.96. The maximum absolute atomic E-state index is 12.6. The van der Waals surface area contributed by atoms with Crippen molar-refractivity contribution in [3.05, 3.63) is 64.1 Å². The first kappa shape index (κ1) is 17.5. The molecule has 1 aliphatic heterocycles. The fraction of sp³-hybridized carbons (Fsp3) is 0.263. The predicted molar refractivity (Wildman–Crippen MR) is 98.7 cm³/mol. The Morgan fingerprint density at radius 2 is 1.44 bits per heavy atom. The van der Waals surface area contributed by atoms with Gasteiger partial charge in [0.1, 0.15) is 5.75 Å². The number of halogens is 1. The van der Waals surface area contributed by atoms with Gasteiger partial charge in [-0.2, -0.15) is 0 Å². The third-order valence-electron chi connectivity index (χ3n) is 4.30. The SMILES string of the molecule is O=C(c1ccc(Br)cc1)N1CCCN(C(=O)c2ccccc2O)CC1. The highest BCUT2D eigenvalue weighted by Gasteiger charge is 2.24. The number of aromatic hydroxyl groups is 1. The Balaban J connectivity index is 1.68. The monoisotopic (exact) mass is 402 g/mol. The van der Waals surface area contributed by atoms with Crippen LogP contribution in [0, 0.1) is 0 Å². The van der Waals surface area contributed by atoms with Crippen LogP contribution >= 0.6 is 15.9 Å². The highest BCUT2D eigenvalue weighted by molar-refractivity contribution is 9.10. The van der Waals surface area contributed by atoms with Crippen LogP contribution in [0.2, 0.25) is 0 Å². The second kappa shape index (κ2) is 7.70. The highest BCUT2D eigenvalue weighted by Crippen LogP contribution is 2.19. The van der Waals surface area contributed by atoms with Crippen molar-refractivity contribution in [3.63, 3.8) is 0 Å². The highest BCUT2D eigenvalue weighted by atomic mass is 79.9. The second-order valence-corrected chi connectivity index (χ2v) is 6.88. The van der Waals surface area contributed by atoms with Gasteiger partial charge in [-0.25, -0.2) is 0 Å². The van der Waals surface area contributed by atoms with Crippen molar-refractivity contribution in [2.45, 2.75) is 6.42 Å². The van der Waals surface area contributed by atoms with Crippen LogP contribution in [0.3, 0.4) is 0 Å². The van der Waals surface area contributed by atoms with Crippen LogP contribution in [0.15, 0.2) is 53.0 Å². The number of amides is 2. The molecule has 0 saturated carbocycles. The Morgan fingerprint density at radius 3 is 2.08 bits per heavy atom. The van der Waals surface area contributed by atoms with E-state index in [0.717, 1.165) is 4.47 Å². The summed E-state index contributed by atoms with van der Waals surface area (Å²) in [5, 5.41) is 9.88. The number of hydrogen-bond donors (Lipinski definition) is 1. The molecule has 0 atom stereocenters. The summed E-state index contributed by atoms with van der Waals surface area (Å²) >= 11 is 3.37. The number of hydrogen-bond acceptors (Lipinski definition) is 3. The molecule has 1 fully saturated rings. The summed E-state index contributed by atoms with van der Waals surface area (Å²) in [6.45, 7) is 2.11. The van der Waals surface area contributed by atoms with E-state index in [1.54, 1.807) is 40.1 Å². The first-order chi connectivity index (χ1) is 12.1. The molecule has 130 valence electrons. The van der Waals surface area contributed by atoms with E-state index in [4.69, 9.17) is 0 Å². The fourth-order valence-electron chi connectivity index (χ4n) is 2.92. The number of nitrogens with zero attached hydrogens (tertiary/aromatic N) is 2. The molecule has 6 heteroatoms. The van der Waals surface area contributed by atoms with E-state index in [2.05, 4.69) is 15.9 Å². The van der Waals surface area contributed by atoms with Gasteiger partial charge >= 0.3 is 0 Å². The summed E-state index contributed by atoms with van der Waals surface area (Å²) in [5.74, 6) is -0.236. The molecule has 2 amide bonds. The maximum atomic E-state index is 12.6. The molecule has 1 saturated heterocycles. The maximum Gasteiger partial charge on any atom is 0.257 e. The first-order valence-corrected chi connectivity index (χ1v) is 8.97. The van der Waals surface area contributed by atoms with Crippen molar-refractivity contribution in [1.29, 1.82) is 0 Å². The normalized spacial score (nSPS) is 14.9. The molecule has 0 aliphatic carbocycles. The van der Waals surface area contributed by atoms with Gasteiger partial charge in [-0.3, -0.25) is 9.59 Å². The van der Waals surface area contributed by atoms with Gasteiger partial charge < -0.3 is 14.9 Å². The third-order valence-corrected chi connectivity index (χ3v) is 4.82. The number of para-hydroxylation sites is 1. The van der Waals surface area contributed by atoms with Crippen molar-refractivity contribution in [3.8, 4) is 5.75 Å². The Labute approximate surface area is 155 Å². The Kier molecular flexibility index (Phi) is 5.38. The number of phenolic OH excluding ortho intramolecular Hbond substituents is 1. The van der Waals surface area contributed by atoms with E-state index < -0.39 is 0 Å². The quantitative estimate of drug-likeness (QED) is 0.838. The molecule has 5 nitrogen and oxygen atoms in total. The standard InChI is InChI=1S/C19H19BrN2O3/c20-15-8-6-14(7-9-15)18(24)21-10-3-11-22(13-12-21)19(25)16-4-1-2-5-17(16)23/h1-2,4-9,23H,3,10-13H2. The van der Waals surface area contributed by atoms with Gasteiger partial charge in [-0.05, 0) is 42.8 Å². The average Bonchev–Trinajstić information content (AvgIpc) is 2.88. The summed E-state index contributed by atoms with van der Waals surface area (Å²) in [7, 11) is 0. The number of benzene rings is 2. The topological polar surface area (TPSA) is 60.9 Å². The minimum Gasteiger partial charge on any atom is -0.507 e. The molecule has 2 aromatic carbocycles. The van der Waals surface area contributed by atoms with Gasteiger partial charge in [-0.15, -0.1) is 0 Å². The lowest BCUT2D eigenvalue weighted by molar-refractivity contribution is 0.0717. The molecular weight excluding hydrogens is 384 g/mol. The van der Waals surface area contributed by atoms with E-state index in [9.17, 15) is 14.7 Å². The zero-order valence-corrected chi connectivity index (χ0v) is 15.3. The van der Waals surface area contributed by atoms with E-state index in [1.165, 1.54) is 6.07 Å². The smallest absolute Gasteiger partial charge is 0.257 e. The molecule has 0 bridgehead atoms. The van der Waals surface area contributed by atoms with Crippen LogP contribution < -0.4 is 0 Å². The molecule has 1 N–H and O–H groups in total. The van der Waals surface area contributed by atoms with Crippen LogP contribution in [0.4, 0.5) is 0 Å². The molecule has 2 aromatic rings. The molecular formula is C19H19BrN2O3. The molecule has 0 spiro atoms. The summed E-state index contributed by atoms with van der Waals surface area (Å²) in [6.07, 6.45) is 0.710. The number of carbonyl (C=O) groups excluding carboxylic acids is 2. The van der Waals surface area contributed by atoms with Crippen LogP contribution in [0.5, 0.6) is 5.75 Å². The minimum atomic E-state index is -0.198. The number of rotatable bonds is 2. The Bertz CT molecular complexity index is 776. The van der Waals surface area contributed by atoms with Crippen LogP contribution in [-0.4, -0.2) is 52.9 Å². The van der Waals surface area contributed by atoms with Crippen molar-refractivity contribution < 1.29 is 14.7 Å². The number of phenols is 1. The first-order valence-electron chi connectivity index (χ1n) is 8.18. The van der Waals surface area contributed by atoms with Crippen molar-refractivity contribution in [2.75, 3.05) is 26.2 Å². The van der Waals surface area contributed by atoms with Gasteiger partial charge in [0.05, 0.1) is 5.56 Å². The molecule has 1 heterocycles. The van der Waals surface area contributed by atoms with Crippen LogP contribution in [0.1, 0.15) is 27.1 Å². The van der Waals surface area contributed by atoms with Crippen LogP contribution in [0.25, 0.3) is 0 Å². The third kappa shape index (κ3) is 4.02. The van der Waals surface area contributed by atoms with Gasteiger partial charge in [-0.1, -0.05) is 28.1 Å².